The molecule has 180 valence electrons. The summed E-state index contributed by atoms with van der Waals surface area (Å²) in [6.45, 7) is 7.91. The first-order valence-corrected chi connectivity index (χ1v) is 13.1. The lowest BCUT2D eigenvalue weighted by Crippen LogP contribution is -2.53. The molecule has 1 unspecified atom stereocenters. The van der Waals surface area contributed by atoms with Crippen LogP contribution < -0.4 is 9.62 Å². The average Bonchev–Trinajstić information content (AvgIpc) is 2.76. The number of nitrogens with zero attached hydrogens (tertiary/aromatic N) is 2. The smallest absolute Gasteiger partial charge is 0.244 e. The van der Waals surface area contributed by atoms with Gasteiger partial charge in [0.05, 0.1) is 11.9 Å². The summed E-state index contributed by atoms with van der Waals surface area (Å²) < 4.78 is 26.3. The number of hydrogen-bond acceptors (Lipinski definition) is 4. The molecular formula is C25H35N3O4S. The molecule has 0 aliphatic rings. The third-order valence-electron chi connectivity index (χ3n) is 5.68. The summed E-state index contributed by atoms with van der Waals surface area (Å²) in [5, 5.41) is 2.79. The van der Waals surface area contributed by atoms with E-state index >= 15 is 0 Å². The first-order chi connectivity index (χ1) is 15.6. The van der Waals surface area contributed by atoms with E-state index in [1.807, 2.05) is 64.1 Å². The van der Waals surface area contributed by atoms with Crippen LogP contribution in [0.3, 0.4) is 0 Å². The van der Waals surface area contributed by atoms with E-state index in [2.05, 4.69) is 5.32 Å². The van der Waals surface area contributed by atoms with E-state index in [1.165, 1.54) is 4.90 Å². The number of hydrogen-bond donors (Lipinski definition) is 1. The van der Waals surface area contributed by atoms with E-state index in [4.69, 9.17) is 0 Å². The fraction of sp³-hybridized carbons (Fsp3) is 0.440. The van der Waals surface area contributed by atoms with Gasteiger partial charge in [-0.15, -0.1) is 0 Å². The van der Waals surface area contributed by atoms with Crippen molar-refractivity contribution in [1.82, 2.24) is 10.2 Å². The quantitative estimate of drug-likeness (QED) is 0.543. The van der Waals surface area contributed by atoms with E-state index in [0.29, 0.717) is 31.6 Å². The van der Waals surface area contributed by atoms with Gasteiger partial charge in [0.25, 0.3) is 0 Å². The van der Waals surface area contributed by atoms with Gasteiger partial charge in [-0.1, -0.05) is 43.3 Å². The van der Waals surface area contributed by atoms with Crippen LogP contribution in [0.5, 0.6) is 0 Å². The van der Waals surface area contributed by atoms with Crippen LogP contribution in [0.15, 0.2) is 48.5 Å². The first-order valence-electron chi connectivity index (χ1n) is 11.2. The molecule has 0 radical (unpaired) electrons. The standard InChI is InChI=1S/C25H35N3O4S/c1-6-23(25(30)26-7-2)27(16-15-21-11-9-8-10-12-21)24(29)18-28(33(5,31)32)22-14-13-19(3)20(4)17-22/h8-14,17,23H,6-7,15-16,18H2,1-5H3,(H,26,30). The molecule has 0 saturated heterocycles. The minimum atomic E-state index is -3.72. The van der Waals surface area contributed by atoms with Crippen molar-refractivity contribution in [3.05, 3.63) is 65.2 Å². The highest BCUT2D eigenvalue weighted by Crippen LogP contribution is 2.22. The molecule has 0 aromatic heterocycles. The van der Waals surface area contributed by atoms with E-state index in [1.54, 1.807) is 12.1 Å². The van der Waals surface area contributed by atoms with Gasteiger partial charge in [-0.2, -0.15) is 0 Å². The zero-order valence-corrected chi connectivity index (χ0v) is 21.0. The first kappa shape index (κ1) is 26.4. The molecule has 0 saturated carbocycles. The van der Waals surface area contributed by atoms with Crippen LogP contribution in [0, 0.1) is 13.8 Å². The fourth-order valence-electron chi connectivity index (χ4n) is 3.68. The van der Waals surface area contributed by atoms with Gasteiger partial charge in [0.1, 0.15) is 12.6 Å². The van der Waals surface area contributed by atoms with E-state index in [9.17, 15) is 18.0 Å². The number of anilines is 1. The summed E-state index contributed by atoms with van der Waals surface area (Å²) in [5.74, 6) is -0.647. The van der Waals surface area contributed by atoms with Crippen LogP contribution in [0.25, 0.3) is 0 Å². The van der Waals surface area contributed by atoms with Crippen molar-refractivity contribution in [3.63, 3.8) is 0 Å². The predicted octanol–water partition coefficient (Wildman–Crippen LogP) is 3.06. The summed E-state index contributed by atoms with van der Waals surface area (Å²) in [5.41, 5.74) is 3.44. The van der Waals surface area contributed by atoms with Crippen LogP contribution in [0.4, 0.5) is 5.69 Å². The Kier molecular flexibility index (Phi) is 9.46. The average molecular weight is 474 g/mol. The number of benzene rings is 2. The van der Waals surface area contributed by atoms with Gasteiger partial charge in [-0.3, -0.25) is 13.9 Å². The zero-order chi connectivity index (χ0) is 24.6. The molecule has 7 nitrogen and oxygen atoms in total. The normalized spacial score (nSPS) is 12.2. The van der Waals surface area contributed by atoms with Crippen molar-refractivity contribution in [2.45, 2.75) is 46.6 Å². The number of likely N-dealkylation sites (N-methyl/N-ethyl adjacent to an activating group) is 1. The minimum Gasteiger partial charge on any atom is -0.355 e. The Hall–Kier alpha value is -2.87. The van der Waals surface area contributed by atoms with Crippen LogP contribution in [0.1, 0.15) is 37.0 Å². The molecule has 0 bridgehead atoms. The third kappa shape index (κ3) is 7.32. The van der Waals surface area contributed by atoms with Crippen molar-refractivity contribution in [1.29, 1.82) is 0 Å². The van der Waals surface area contributed by atoms with Crippen molar-refractivity contribution in [2.24, 2.45) is 0 Å². The van der Waals surface area contributed by atoms with Gasteiger partial charge in [-0.25, -0.2) is 8.42 Å². The van der Waals surface area contributed by atoms with Crippen LogP contribution in [0.2, 0.25) is 0 Å². The summed E-state index contributed by atoms with van der Waals surface area (Å²) >= 11 is 0. The highest BCUT2D eigenvalue weighted by molar-refractivity contribution is 7.92. The van der Waals surface area contributed by atoms with Gasteiger partial charge >= 0.3 is 0 Å². The Bertz CT molecular complexity index is 1050. The molecule has 2 amide bonds. The van der Waals surface area contributed by atoms with Gasteiger partial charge in [-0.05, 0) is 62.4 Å². The van der Waals surface area contributed by atoms with E-state index < -0.39 is 22.0 Å². The summed E-state index contributed by atoms with van der Waals surface area (Å²) in [7, 11) is -3.72. The molecule has 0 aliphatic carbocycles. The molecule has 2 rings (SSSR count). The number of sulfonamides is 1. The Morgan fingerprint density at radius 2 is 1.67 bits per heavy atom. The van der Waals surface area contributed by atoms with Crippen LogP contribution >= 0.6 is 0 Å². The molecule has 0 spiro atoms. The Balaban J connectivity index is 2.36. The van der Waals surface area contributed by atoms with E-state index in [-0.39, 0.29) is 12.5 Å². The van der Waals surface area contributed by atoms with Crippen molar-refractivity contribution in [3.8, 4) is 0 Å². The number of carbonyl (C=O) groups excluding carboxylic acids is 2. The monoisotopic (exact) mass is 473 g/mol. The van der Waals surface area contributed by atoms with E-state index in [0.717, 1.165) is 27.3 Å². The molecule has 2 aromatic rings. The molecule has 2 aromatic carbocycles. The van der Waals surface area contributed by atoms with Crippen LogP contribution in [-0.2, 0) is 26.0 Å². The minimum absolute atomic E-state index is 0.238. The summed E-state index contributed by atoms with van der Waals surface area (Å²) in [4.78, 5) is 27.7. The molecule has 0 fully saturated rings. The Labute approximate surface area is 197 Å². The number of amides is 2. The van der Waals surface area contributed by atoms with Crippen molar-refractivity contribution >= 4 is 27.5 Å². The summed E-state index contributed by atoms with van der Waals surface area (Å²) in [6.07, 6.45) is 2.07. The number of nitrogens with one attached hydrogen (secondary N) is 1. The highest BCUT2D eigenvalue weighted by atomic mass is 32.2. The largest absolute Gasteiger partial charge is 0.355 e. The lowest BCUT2D eigenvalue weighted by molar-refractivity contribution is -0.139. The second-order valence-corrected chi connectivity index (χ2v) is 10.1. The number of rotatable bonds is 11. The molecule has 1 atom stereocenters. The second kappa shape index (κ2) is 11.8. The van der Waals surface area contributed by atoms with Crippen LogP contribution in [-0.4, -0.2) is 57.1 Å². The molecule has 8 heteroatoms. The SMILES string of the molecule is CCNC(=O)C(CC)N(CCc1ccccc1)C(=O)CN(c1ccc(C)c(C)c1)S(C)(=O)=O. The van der Waals surface area contributed by atoms with Crippen molar-refractivity contribution in [2.75, 3.05) is 30.2 Å². The maximum Gasteiger partial charge on any atom is 0.244 e. The van der Waals surface area contributed by atoms with Crippen molar-refractivity contribution < 1.29 is 18.0 Å². The van der Waals surface area contributed by atoms with Gasteiger partial charge in [0.15, 0.2) is 0 Å². The second-order valence-electron chi connectivity index (χ2n) is 8.18. The predicted molar refractivity (Wildman–Crippen MR) is 133 cm³/mol. The summed E-state index contributed by atoms with van der Waals surface area (Å²) in [6, 6.07) is 14.3. The van der Waals surface area contributed by atoms with Gasteiger partial charge in [0, 0.05) is 13.1 Å². The molecule has 0 aliphatic heterocycles. The molecule has 1 N–H and O–H groups in total. The topological polar surface area (TPSA) is 86.8 Å². The molecular weight excluding hydrogens is 438 g/mol. The maximum absolute atomic E-state index is 13.5. The number of aryl methyl sites for hydroxylation is 2. The highest BCUT2D eigenvalue weighted by Gasteiger charge is 2.31. The van der Waals surface area contributed by atoms with Gasteiger partial charge < -0.3 is 10.2 Å². The third-order valence-corrected chi connectivity index (χ3v) is 6.82. The number of carbonyl (C=O) groups is 2. The Morgan fingerprint density at radius 1 is 1.00 bits per heavy atom. The maximum atomic E-state index is 13.5. The Morgan fingerprint density at radius 3 is 2.21 bits per heavy atom. The fourth-order valence-corrected chi connectivity index (χ4v) is 4.52. The molecule has 33 heavy (non-hydrogen) atoms. The zero-order valence-electron chi connectivity index (χ0n) is 20.2. The lowest BCUT2D eigenvalue weighted by atomic mass is 10.1. The lowest BCUT2D eigenvalue weighted by Gasteiger charge is -2.33. The van der Waals surface area contributed by atoms with Gasteiger partial charge in [0.2, 0.25) is 21.8 Å². The molecule has 0 heterocycles.